The first-order chi connectivity index (χ1) is 5.81. The fourth-order valence-electron chi connectivity index (χ4n) is 1.37. The zero-order valence-electron chi connectivity index (χ0n) is 6.35. The monoisotopic (exact) mass is 243 g/mol. The lowest BCUT2D eigenvalue weighted by atomic mass is 10.2. The average molecular weight is 245 g/mol. The molecule has 0 aliphatic heterocycles. The molecule has 1 aromatic heterocycles. The normalized spacial score (nSPS) is 14.3. The van der Waals surface area contributed by atoms with Crippen molar-refractivity contribution >= 4 is 33.6 Å². The average Bonchev–Trinajstić information content (AvgIpc) is 2.49. The van der Waals surface area contributed by atoms with Gasteiger partial charge >= 0.3 is 0 Å². The van der Waals surface area contributed by atoms with Gasteiger partial charge in [0.25, 0.3) is 0 Å². The summed E-state index contributed by atoms with van der Waals surface area (Å²) in [7, 11) is 0. The molecule has 0 spiro atoms. The highest BCUT2D eigenvalue weighted by Crippen LogP contribution is 2.30. The molecule has 1 aliphatic carbocycles. The minimum Gasteiger partial charge on any atom is -0.263 e. The zero-order chi connectivity index (χ0) is 8.55. The first-order valence-corrected chi connectivity index (χ1v) is 5.02. The van der Waals surface area contributed by atoms with Crippen LogP contribution in [0.2, 0.25) is 0 Å². The van der Waals surface area contributed by atoms with Crippen molar-refractivity contribution < 1.29 is 0 Å². The van der Waals surface area contributed by atoms with Crippen LogP contribution in [0.5, 0.6) is 0 Å². The summed E-state index contributed by atoms with van der Waals surface area (Å²) in [6, 6.07) is 0. The SMILES string of the molecule is ClCC1=Cc2c(Br)cncc2C1. The van der Waals surface area contributed by atoms with Gasteiger partial charge in [-0.25, -0.2) is 0 Å². The predicted molar refractivity (Wildman–Crippen MR) is 54.3 cm³/mol. The Hall–Kier alpha value is -0.340. The molecule has 3 heteroatoms. The van der Waals surface area contributed by atoms with Crippen molar-refractivity contribution in [2.75, 3.05) is 5.88 Å². The number of aromatic nitrogens is 1. The van der Waals surface area contributed by atoms with Crippen LogP contribution < -0.4 is 0 Å². The van der Waals surface area contributed by atoms with Gasteiger partial charge in [-0.2, -0.15) is 0 Å². The van der Waals surface area contributed by atoms with Crippen LogP contribution in [0.3, 0.4) is 0 Å². The second kappa shape index (κ2) is 3.19. The highest BCUT2D eigenvalue weighted by Gasteiger charge is 2.13. The Morgan fingerprint density at radius 3 is 3.00 bits per heavy atom. The van der Waals surface area contributed by atoms with Crippen molar-refractivity contribution in [3.8, 4) is 0 Å². The molecule has 1 aromatic rings. The summed E-state index contributed by atoms with van der Waals surface area (Å²) in [5.74, 6) is 0.612. The fourth-order valence-corrected chi connectivity index (χ4v) is 2.03. The molecular formula is C9H7BrClN. The van der Waals surface area contributed by atoms with Crippen molar-refractivity contribution in [2.24, 2.45) is 0 Å². The van der Waals surface area contributed by atoms with Crippen molar-refractivity contribution in [1.82, 2.24) is 4.98 Å². The summed E-state index contributed by atoms with van der Waals surface area (Å²) in [6.07, 6.45) is 6.79. The molecule has 0 radical (unpaired) electrons. The quantitative estimate of drug-likeness (QED) is 0.692. The molecule has 1 nitrogen and oxygen atoms in total. The van der Waals surface area contributed by atoms with E-state index in [1.807, 2.05) is 12.4 Å². The van der Waals surface area contributed by atoms with Crippen molar-refractivity contribution in [3.63, 3.8) is 0 Å². The number of pyridine rings is 1. The first kappa shape index (κ1) is 8.27. The third-order valence-corrected chi connectivity index (χ3v) is 2.93. The molecule has 0 saturated carbocycles. The van der Waals surface area contributed by atoms with Gasteiger partial charge in [-0.15, -0.1) is 11.6 Å². The molecule has 0 unspecified atom stereocenters. The Morgan fingerprint density at radius 1 is 1.50 bits per heavy atom. The van der Waals surface area contributed by atoms with E-state index in [1.54, 1.807) is 0 Å². The maximum atomic E-state index is 5.75. The molecule has 2 rings (SSSR count). The van der Waals surface area contributed by atoms with Gasteiger partial charge in [0, 0.05) is 22.7 Å². The topological polar surface area (TPSA) is 12.9 Å². The second-order valence-corrected chi connectivity index (χ2v) is 3.93. The van der Waals surface area contributed by atoms with E-state index in [-0.39, 0.29) is 0 Å². The Labute approximate surface area is 84.6 Å². The summed E-state index contributed by atoms with van der Waals surface area (Å²) in [4.78, 5) is 4.10. The number of alkyl halides is 1. The van der Waals surface area contributed by atoms with Gasteiger partial charge in [0.05, 0.1) is 0 Å². The van der Waals surface area contributed by atoms with E-state index in [9.17, 15) is 0 Å². The third kappa shape index (κ3) is 1.29. The van der Waals surface area contributed by atoms with E-state index in [1.165, 1.54) is 16.7 Å². The summed E-state index contributed by atoms with van der Waals surface area (Å²) >= 11 is 9.20. The molecule has 12 heavy (non-hydrogen) atoms. The molecule has 62 valence electrons. The summed E-state index contributed by atoms with van der Waals surface area (Å²) in [5.41, 5.74) is 3.76. The van der Waals surface area contributed by atoms with Crippen LogP contribution in [0.15, 0.2) is 22.4 Å². The summed E-state index contributed by atoms with van der Waals surface area (Å²) in [6.45, 7) is 0. The summed E-state index contributed by atoms with van der Waals surface area (Å²) in [5, 5.41) is 0. The zero-order valence-corrected chi connectivity index (χ0v) is 8.69. The van der Waals surface area contributed by atoms with Crippen LogP contribution >= 0.6 is 27.5 Å². The molecule has 0 amide bonds. The number of rotatable bonds is 1. The number of halogens is 2. The van der Waals surface area contributed by atoms with E-state index in [2.05, 4.69) is 27.0 Å². The molecule has 0 fully saturated rings. The maximum Gasteiger partial charge on any atom is 0.0440 e. The van der Waals surface area contributed by atoms with Gasteiger partial charge in [0.15, 0.2) is 0 Å². The molecule has 0 atom stereocenters. The smallest absolute Gasteiger partial charge is 0.0440 e. The third-order valence-electron chi connectivity index (χ3n) is 1.96. The number of fused-ring (bicyclic) bond motifs is 1. The lowest BCUT2D eigenvalue weighted by molar-refractivity contribution is 1.15. The van der Waals surface area contributed by atoms with Crippen LogP contribution in [-0.2, 0) is 6.42 Å². The van der Waals surface area contributed by atoms with Crippen molar-refractivity contribution in [1.29, 1.82) is 0 Å². The lowest BCUT2D eigenvalue weighted by Gasteiger charge is -1.98. The Morgan fingerprint density at radius 2 is 2.33 bits per heavy atom. The maximum absolute atomic E-state index is 5.75. The first-order valence-electron chi connectivity index (χ1n) is 3.69. The van der Waals surface area contributed by atoms with Gasteiger partial charge in [0.2, 0.25) is 0 Å². The van der Waals surface area contributed by atoms with E-state index >= 15 is 0 Å². The minimum atomic E-state index is 0.612. The minimum absolute atomic E-state index is 0.612. The molecule has 0 saturated heterocycles. The van der Waals surface area contributed by atoms with Crippen LogP contribution in [0, 0.1) is 0 Å². The Bertz CT molecular complexity index is 346. The Balaban J connectivity index is 2.48. The van der Waals surface area contributed by atoms with E-state index in [0.717, 1.165) is 10.9 Å². The second-order valence-electron chi connectivity index (χ2n) is 2.81. The van der Waals surface area contributed by atoms with Crippen LogP contribution in [0.25, 0.3) is 6.08 Å². The van der Waals surface area contributed by atoms with Gasteiger partial charge in [-0.05, 0) is 33.5 Å². The van der Waals surface area contributed by atoms with Gasteiger partial charge < -0.3 is 0 Å². The van der Waals surface area contributed by atoms with Crippen molar-refractivity contribution in [3.05, 3.63) is 33.6 Å². The predicted octanol–water partition coefficient (Wildman–Crippen LogP) is 3.02. The molecule has 1 heterocycles. The lowest BCUT2D eigenvalue weighted by Crippen LogP contribution is -1.87. The fraction of sp³-hybridized carbons (Fsp3) is 0.222. The largest absolute Gasteiger partial charge is 0.263 e. The van der Waals surface area contributed by atoms with Crippen LogP contribution in [-0.4, -0.2) is 10.9 Å². The molecular weight excluding hydrogens is 237 g/mol. The standard InChI is InChI=1S/C9H7BrClN/c10-9-5-12-4-7-1-6(3-11)2-8(7)9/h2,4-5H,1,3H2. The molecule has 1 aliphatic rings. The molecule has 0 aromatic carbocycles. The number of hydrogen-bond acceptors (Lipinski definition) is 1. The van der Waals surface area contributed by atoms with E-state index in [0.29, 0.717) is 5.88 Å². The number of allylic oxidation sites excluding steroid dienone is 1. The summed E-state index contributed by atoms with van der Waals surface area (Å²) < 4.78 is 1.06. The highest BCUT2D eigenvalue weighted by atomic mass is 79.9. The van der Waals surface area contributed by atoms with E-state index in [4.69, 9.17) is 11.6 Å². The highest BCUT2D eigenvalue weighted by molar-refractivity contribution is 9.10. The van der Waals surface area contributed by atoms with Gasteiger partial charge in [-0.3, -0.25) is 4.98 Å². The Kier molecular flexibility index (Phi) is 2.20. The molecule has 0 bridgehead atoms. The van der Waals surface area contributed by atoms with Crippen LogP contribution in [0.1, 0.15) is 11.1 Å². The van der Waals surface area contributed by atoms with Gasteiger partial charge in [-0.1, -0.05) is 11.6 Å². The molecule has 0 N–H and O–H groups in total. The number of hydrogen-bond donors (Lipinski definition) is 0. The van der Waals surface area contributed by atoms with Crippen molar-refractivity contribution in [2.45, 2.75) is 6.42 Å². The van der Waals surface area contributed by atoms with Gasteiger partial charge in [0.1, 0.15) is 0 Å². The number of nitrogens with zero attached hydrogens (tertiary/aromatic N) is 1. The van der Waals surface area contributed by atoms with Crippen LogP contribution in [0.4, 0.5) is 0 Å². The van der Waals surface area contributed by atoms with E-state index < -0.39 is 0 Å².